The SMILES string of the molecule is CCC(=O)Nc1cccc(C(=O)Nc2c(C)nn(-c3ccccc3)c2C)c1. The van der Waals surface area contributed by atoms with Gasteiger partial charge in [0.1, 0.15) is 0 Å². The van der Waals surface area contributed by atoms with Crippen LogP contribution < -0.4 is 10.6 Å². The Balaban J connectivity index is 1.84. The van der Waals surface area contributed by atoms with E-state index >= 15 is 0 Å². The Bertz CT molecular complexity index is 977. The van der Waals surface area contributed by atoms with Gasteiger partial charge in [0.05, 0.1) is 22.8 Å². The number of para-hydroxylation sites is 1. The third-order valence-electron chi connectivity index (χ3n) is 4.26. The van der Waals surface area contributed by atoms with Gasteiger partial charge >= 0.3 is 0 Å². The van der Waals surface area contributed by atoms with Crippen LogP contribution in [0.1, 0.15) is 35.1 Å². The smallest absolute Gasteiger partial charge is 0.255 e. The lowest BCUT2D eigenvalue weighted by molar-refractivity contribution is -0.115. The summed E-state index contributed by atoms with van der Waals surface area (Å²) < 4.78 is 1.81. The predicted molar refractivity (Wildman–Crippen MR) is 106 cm³/mol. The van der Waals surface area contributed by atoms with E-state index in [2.05, 4.69) is 15.7 Å². The number of carbonyl (C=O) groups is 2. The summed E-state index contributed by atoms with van der Waals surface area (Å²) in [5.41, 5.74) is 4.27. The van der Waals surface area contributed by atoms with Gasteiger partial charge in [-0.3, -0.25) is 9.59 Å². The van der Waals surface area contributed by atoms with E-state index in [0.717, 1.165) is 17.1 Å². The lowest BCUT2D eigenvalue weighted by Crippen LogP contribution is -2.14. The summed E-state index contributed by atoms with van der Waals surface area (Å²) in [7, 11) is 0. The van der Waals surface area contributed by atoms with Gasteiger partial charge in [-0.05, 0) is 44.2 Å². The highest BCUT2D eigenvalue weighted by Crippen LogP contribution is 2.23. The first-order chi connectivity index (χ1) is 13.0. The Morgan fingerprint density at radius 1 is 1.00 bits per heavy atom. The molecule has 0 saturated carbocycles. The number of aromatic nitrogens is 2. The van der Waals surface area contributed by atoms with E-state index < -0.39 is 0 Å². The highest BCUT2D eigenvalue weighted by Gasteiger charge is 2.16. The van der Waals surface area contributed by atoms with Crippen LogP contribution in [0, 0.1) is 13.8 Å². The summed E-state index contributed by atoms with van der Waals surface area (Å²) in [5, 5.41) is 10.2. The minimum absolute atomic E-state index is 0.0941. The fourth-order valence-electron chi connectivity index (χ4n) is 2.82. The van der Waals surface area contributed by atoms with Gasteiger partial charge in [0, 0.05) is 17.7 Å². The van der Waals surface area contributed by atoms with Gasteiger partial charge in [0.2, 0.25) is 5.91 Å². The number of aryl methyl sites for hydroxylation is 1. The van der Waals surface area contributed by atoms with Crippen molar-refractivity contribution in [1.29, 1.82) is 0 Å². The second kappa shape index (κ2) is 7.86. The molecule has 0 spiro atoms. The minimum atomic E-state index is -0.249. The number of nitrogens with one attached hydrogen (secondary N) is 2. The third-order valence-corrected chi connectivity index (χ3v) is 4.26. The first-order valence-electron chi connectivity index (χ1n) is 8.82. The Kier molecular flexibility index (Phi) is 5.35. The van der Waals surface area contributed by atoms with Crippen LogP contribution >= 0.6 is 0 Å². The van der Waals surface area contributed by atoms with E-state index in [1.165, 1.54) is 0 Å². The van der Waals surface area contributed by atoms with Crippen molar-refractivity contribution in [2.24, 2.45) is 0 Å². The van der Waals surface area contributed by atoms with Gasteiger partial charge in [-0.2, -0.15) is 5.10 Å². The second-order valence-electron chi connectivity index (χ2n) is 6.23. The first kappa shape index (κ1) is 18.4. The minimum Gasteiger partial charge on any atom is -0.326 e. The Morgan fingerprint density at radius 2 is 1.74 bits per heavy atom. The van der Waals surface area contributed by atoms with Crippen molar-refractivity contribution in [2.75, 3.05) is 10.6 Å². The van der Waals surface area contributed by atoms with E-state index in [1.807, 2.05) is 48.9 Å². The molecule has 2 N–H and O–H groups in total. The van der Waals surface area contributed by atoms with Crippen molar-refractivity contribution in [3.05, 3.63) is 71.5 Å². The van der Waals surface area contributed by atoms with Gasteiger partial charge in [-0.15, -0.1) is 0 Å². The molecule has 1 heterocycles. The molecule has 0 aliphatic rings. The summed E-state index contributed by atoms with van der Waals surface area (Å²) in [4.78, 5) is 24.3. The summed E-state index contributed by atoms with van der Waals surface area (Å²) in [6.07, 6.45) is 0.382. The highest BCUT2D eigenvalue weighted by atomic mass is 16.2. The van der Waals surface area contributed by atoms with Crippen molar-refractivity contribution in [2.45, 2.75) is 27.2 Å². The van der Waals surface area contributed by atoms with Crippen LogP contribution in [-0.2, 0) is 4.79 Å². The molecule has 6 heteroatoms. The monoisotopic (exact) mass is 362 g/mol. The molecule has 0 bridgehead atoms. The molecule has 0 aliphatic heterocycles. The average molecular weight is 362 g/mol. The lowest BCUT2D eigenvalue weighted by atomic mass is 10.1. The normalized spacial score (nSPS) is 10.5. The van der Waals surface area contributed by atoms with E-state index in [0.29, 0.717) is 23.4 Å². The van der Waals surface area contributed by atoms with Gasteiger partial charge in [-0.25, -0.2) is 4.68 Å². The Hall–Kier alpha value is -3.41. The summed E-state index contributed by atoms with van der Waals surface area (Å²) in [5.74, 6) is -0.343. The quantitative estimate of drug-likeness (QED) is 0.718. The number of hydrogen-bond acceptors (Lipinski definition) is 3. The van der Waals surface area contributed by atoms with Crippen LogP contribution in [0.4, 0.5) is 11.4 Å². The molecule has 0 radical (unpaired) electrons. The first-order valence-corrected chi connectivity index (χ1v) is 8.82. The zero-order valence-corrected chi connectivity index (χ0v) is 15.6. The van der Waals surface area contributed by atoms with Crippen LogP contribution in [0.2, 0.25) is 0 Å². The number of hydrogen-bond donors (Lipinski definition) is 2. The van der Waals surface area contributed by atoms with Crippen molar-refractivity contribution in [3.8, 4) is 5.69 Å². The third kappa shape index (κ3) is 4.06. The average Bonchev–Trinajstić information content (AvgIpc) is 2.97. The molecular formula is C21H22N4O2. The van der Waals surface area contributed by atoms with Gasteiger partial charge in [0.15, 0.2) is 0 Å². The molecule has 0 unspecified atom stereocenters. The molecule has 1 aromatic heterocycles. The molecule has 6 nitrogen and oxygen atoms in total. The van der Waals surface area contributed by atoms with Crippen molar-refractivity contribution in [3.63, 3.8) is 0 Å². The fraction of sp³-hybridized carbons (Fsp3) is 0.190. The van der Waals surface area contributed by atoms with E-state index in [-0.39, 0.29) is 11.8 Å². The van der Waals surface area contributed by atoms with Crippen LogP contribution in [0.5, 0.6) is 0 Å². The number of carbonyl (C=O) groups excluding carboxylic acids is 2. The number of anilines is 2. The molecular weight excluding hydrogens is 340 g/mol. The maximum atomic E-state index is 12.7. The zero-order chi connectivity index (χ0) is 19.4. The van der Waals surface area contributed by atoms with Crippen LogP contribution in [0.3, 0.4) is 0 Å². The molecule has 0 atom stereocenters. The summed E-state index contributed by atoms with van der Waals surface area (Å²) in [6.45, 7) is 5.56. The topological polar surface area (TPSA) is 76.0 Å². The second-order valence-corrected chi connectivity index (χ2v) is 6.23. The van der Waals surface area contributed by atoms with Crippen molar-refractivity contribution in [1.82, 2.24) is 9.78 Å². The Morgan fingerprint density at radius 3 is 2.44 bits per heavy atom. The molecule has 138 valence electrons. The fourth-order valence-corrected chi connectivity index (χ4v) is 2.82. The maximum Gasteiger partial charge on any atom is 0.255 e. The molecule has 0 saturated heterocycles. The number of rotatable bonds is 5. The van der Waals surface area contributed by atoms with Gasteiger partial charge < -0.3 is 10.6 Å². The van der Waals surface area contributed by atoms with Crippen LogP contribution in [0.25, 0.3) is 5.69 Å². The molecule has 3 rings (SSSR count). The van der Waals surface area contributed by atoms with E-state index in [9.17, 15) is 9.59 Å². The predicted octanol–water partition coefficient (Wildman–Crippen LogP) is 4.09. The largest absolute Gasteiger partial charge is 0.326 e. The van der Waals surface area contributed by atoms with E-state index in [4.69, 9.17) is 0 Å². The van der Waals surface area contributed by atoms with Gasteiger partial charge in [0.25, 0.3) is 5.91 Å². The van der Waals surface area contributed by atoms with Crippen molar-refractivity contribution < 1.29 is 9.59 Å². The van der Waals surface area contributed by atoms with Crippen molar-refractivity contribution >= 4 is 23.2 Å². The van der Waals surface area contributed by atoms with Crippen LogP contribution in [-0.4, -0.2) is 21.6 Å². The Labute approximate surface area is 158 Å². The maximum absolute atomic E-state index is 12.7. The zero-order valence-electron chi connectivity index (χ0n) is 15.6. The molecule has 2 aromatic carbocycles. The number of benzene rings is 2. The molecule has 0 fully saturated rings. The molecule has 3 aromatic rings. The number of amides is 2. The summed E-state index contributed by atoms with van der Waals surface area (Å²) in [6, 6.07) is 16.6. The molecule has 0 aliphatic carbocycles. The van der Waals surface area contributed by atoms with Crippen LogP contribution in [0.15, 0.2) is 54.6 Å². The van der Waals surface area contributed by atoms with Gasteiger partial charge in [-0.1, -0.05) is 31.2 Å². The molecule has 27 heavy (non-hydrogen) atoms. The highest BCUT2D eigenvalue weighted by molar-refractivity contribution is 6.06. The standard InChI is InChI=1S/C21H22N4O2/c1-4-19(26)22-17-10-8-9-16(13-17)21(27)23-20-14(2)24-25(15(20)3)18-11-6-5-7-12-18/h5-13H,4H2,1-3H3,(H,22,26)(H,23,27). The summed E-state index contributed by atoms with van der Waals surface area (Å²) >= 11 is 0. The number of nitrogens with zero attached hydrogens (tertiary/aromatic N) is 2. The molecule has 2 amide bonds. The van der Waals surface area contributed by atoms with E-state index in [1.54, 1.807) is 31.2 Å². The lowest BCUT2D eigenvalue weighted by Gasteiger charge is -2.09.